The van der Waals surface area contributed by atoms with E-state index in [0.29, 0.717) is 16.4 Å². The Balaban J connectivity index is 1.76. The van der Waals surface area contributed by atoms with Gasteiger partial charge in [0.2, 0.25) is 0 Å². The van der Waals surface area contributed by atoms with Crippen LogP contribution in [0, 0.1) is 6.92 Å². The van der Waals surface area contributed by atoms with Crippen LogP contribution in [0.25, 0.3) is 11.6 Å². The van der Waals surface area contributed by atoms with Gasteiger partial charge in [-0.15, -0.1) is 0 Å². The first-order chi connectivity index (χ1) is 19.0. The van der Waals surface area contributed by atoms with E-state index in [1.807, 2.05) is 85.8 Å². The zero-order valence-electron chi connectivity index (χ0n) is 21.6. The summed E-state index contributed by atoms with van der Waals surface area (Å²) in [5.74, 6) is 2.58. The second-order valence-corrected chi connectivity index (χ2v) is 8.86. The zero-order chi connectivity index (χ0) is 27.5. The number of esters is 1. The Morgan fingerprint density at radius 2 is 1.44 bits per heavy atom. The number of hydrogen-bond acceptors (Lipinski definition) is 5. The van der Waals surface area contributed by atoms with Crippen molar-refractivity contribution >= 4 is 52.5 Å². The van der Waals surface area contributed by atoms with Crippen LogP contribution >= 0.6 is 11.6 Å². The van der Waals surface area contributed by atoms with Crippen LogP contribution in [0.3, 0.4) is 0 Å². The third-order valence-electron chi connectivity index (χ3n) is 5.64. The molecule has 0 aliphatic rings. The van der Waals surface area contributed by atoms with Crippen molar-refractivity contribution in [2.75, 3.05) is 6.61 Å². The minimum atomic E-state index is -0.539. The smallest absolute Gasteiger partial charge is 0.357 e. The van der Waals surface area contributed by atoms with E-state index >= 15 is 0 Å². The van der Waals surface area contributed by atoms with Crippen LogP contribution in [0.5, 0.6) is 0 Å². The van der Waals surface area contributed by atoms with Crippen molar-refractivity contribution < 1.29 is 9.53 Å². The van der Waals surface area contributed by atoms with E-state index in [4.69, 9.17) is 16.3 Å². The summed E-state index contributed by atoms with van der Waals surface area (Å²) in [6, 6.07) is 35.0. The highest BCUT2D eigenvalue weighted by atomic mass is 35.5. The van der Waals surface area contributed by atoms with Gasteiger partial charge in [-0.2, -0.15) is 15.0 Å². The molecule has 192 valence electrons. The Bertz CT molecular complexity index is 1550. The molecule has 0 radical (unpaired) electrons. The maximum Gasteiger partial charge on any atom is 0.357 e. The molecule has 6 heteroatoms. The maximum atomic E-state index is 12.9. The summed E-state index contributed by atoms with van der Waals surface area (Å²) in [5, 5.41) is 0.635. The van der Waals surface area contributed by atoms with Crippen LogP contribution in [0.1, 0.15) is 29.2 Å². The number of carbonyl (C=O) groups is 1. The molecule has 0 spiro atoms. The first kappa shape index (κ1) is 27.3. The number of hydrogen-bond donors (Lipinski definition) is 0. The summed E-state index contributed by atoms with van der Waals surface area (Å²) in [4.78, 5) is 25.9. The second-order valence-electron chi connectivity index (χ2n) is 8.42. The molecule has 0 aliphatic carbocycles. The number of benzene rings is 4. The summed E-state index contributed by atoms with van der Waals surface area (Å²) >= 11 is 5.92. The average molecular weight is 532 g/mol. The summed E-state index contributed by atoms with van der Waals surface area (Å²) in [6.45, 7) is 3.93. The van der Waals surface area contributed by atoms with Gasteiger partial charge in [0, 0.05) is 5.02 Å². The van der Waals surface area contributed by atoms with Gasteiger partial charge < -0.3 is 4.74 Å². The number of rotatable bonds is 8. The van der Waals surface area contributed by atoms with Crippen LogP contribution < -0.4 is 0 Å². The molecule has 0 heterocycles. The molecular formula is C33H26ClN3O2. The lowest BCUT2D eigenvalue weighted by molar-refractivity contribution is -0.138. The van der Waals surface area contributed by atoms with E-state index in [-0.39, 0.29) is 12.3 Å². The molecule has 0 saturated carbocycles. The molecule has 39 heavy (non-hydrogen) atoms. The lowest BCUT2D eigenvalue weighted by atomic mass is 9.99. The lowest BCUT2D eigenvalue weighted by Crippen LogP contribution is -2.06. The van der Waals surface area contributed by atoms with Crippen LogP contribution in [0.2, 0.25) is 5.02 Å². The third-order valence-corrected chi connectivity index (χ3v) is 5.89. The second kappa shape index (κ2) is 13.7. The first-order valence-electron chi connectivity index (χ1n) is 12.4. The van der Waals surface area contributed by atoms with Gasteiger partial charge in [0.15, 0.2) is 5.70 Å². The highest BCUT2D eigenvalue weighted by molar-refractivity contribution is 6.30. The first-order valence-corrected chi connectivity index (χ1v) is 12.8. The number of halogens is 1. The Labute approximate surface area is 233 Å². The predicted octanol–water partition coefficient (Wildman–Crippen LogP) is 8.49. The Morgan fingerprint density at radius 3 is 2.05 bits per heavy atom. The van der Waals surface area contributed by atoms with Crippen molar-refractivity contribution in [2.45, 2.75) is 13.8 Å². The van der Waals surface area contributed by atoms with Gasteiger partial charge in [-0.05, 0) is 84.4 Å². The molecule has 0 atom stereocenters. The number of nitrogens with zero attached hydrogens (tertiary/aromatic N) is 3. The summed E-state index contributed by atoms with van der Waals surface area (Å²) in [7, 11) is 0. The van der Waals surface area contributed by atoms with E-state index in [9.17, 15) is 4.79 Å². The van der Waals surface area contributed by atoms with Gasteiger partial charge in [0.05, 0.1) is 23.6 Å². The van der Waals surface area contributed by atoms with Crippen molar-refractivity contribution in [3.8, 4) is 0 Å². The fraction of sp³-hybridized carbons (Fsp3) is 0.0909. The highest BCUT2D eigenvalue weighted by Gasteiger charge is 2.12. The molecule has 0 aromatic heterocycles. The van der Waals surface area contributed by atoms with Crippen LogP contribution in [-0.2, 0) is 9.53 Å². The summed E-state index contributed by atoms with van der Waals surface area (Å²) in [6.07, 6.45) is 1.68. The van der Waals surface area contributed by atoms with Gasteiger partial charge in [-0.25, -0.2) is 4.79 Å². The topological polar surface area (TPSA) is 63.4 Å². The minimum Gasteiger partial charge on any atom is -0.461 e. The highest BCUT2D eigenvalue weighted by Crippen LogP contribution is 2.23. The SMILES string of the molecule is CCOC(=O)/C(=C/c1cc(N=C=Nc2ccc(Cl)cc2)ccc1C)N=C=C(c1ccccc1)c1ccccc1. The summed E-state index contributed by atoms with van der Waals surface area (Å²) in [5.41, 5.74) is 5.77. The van der Waals surface area contributed by atoms with Gasteiger partial charge in [-0.1, -0.05) is 78.3 Å². The quantitative estimate of drug-likeness (QED) is 0.130. The molecule has 0 N–H and O–H groups in total. The van der Waals surface area contributed by atoms with E-state index in [2.05, 4.69) is 26.9 Å². The predicted molar refractivity (Wildman–Crippen MR) is 159 cm³/mol. The number of ether oxygens (including phenoxy) is 1. The van der Waals surface area contributed by atoms with Crippen molar-refractivity contribution in [2.24, 2.45) is 15.0 Å². The molecule has 0 bridgehead atoms. The fourth-order valence-electron chi connectivity index (χ4n) is 3.62. The summed E-state index contributed by atoms with van der Waals surface area (Å²) < 4.78 is 5.30. The molecule has 4 aromatic rings. The standard InChI is InChI=1S/C33H26ClN3O2/c1-3-39-33(38)32(35-22-31(25-10-6-4-7-11-25)26-12-8-5-9-13-26)21-27-20-30(17-14-24(27)2)37-23-36-29-18-15-28(34)16-19-29/h4-21H,3H2,1-2H3/b32-21-. The molecule has 5 nitrogen and oxygen atoms in total. The number of carbonyl (C=O) groups excluding carboxylic acids is 1. The molecule has 0 fully saturated rings. The van der Waals surface area contributed by atoms with Gasteiger partial charge in [0.1, 0.15) is 6.01 Å². The minimum absolute atomic E-state index is 0.125. The molecule has 0 unspecified atom stereocenters. The molecule has 4 rings (SSSR count). The van der Waals surface area contributed by atoms with E-state index in [1.165, 1.54) is 0 Å². The third kappa shape index (κ3) is 7.85. The largest absolute Gasteiger partial charge is 0.461 e. The Morgan fingerprint density at radius 1 is 0.846 bits per heavy atom. The number of aliphatic imine (C=N–C) groups is 3. The van der Waals surface area contributed by atoms with E-state index in [1.54, 1.807) is 37.3 Å². The molecule has 4 aromatic carbocycles. The number of aryl methyl sites for hydroxylation is 1. The molecule has 0 aliphatic heterocycles. The average Bonchev–Trinajstić information content (AvgIpc) is 2.96. The van der Waals surface area contributed by atoms with Crippen LogP contribution in [-0.4, -0.2) is 24.5 Å². The fourth-order valence-corrected chi connectivity index (χ4v) is 3.75. The van der Waals surface area contributed by atoms with E-state index < -0.39 is 5.97 Å². The van der Waals surface area contributed by atoms with Crippen molar-refractivity contribution in [3.05, 3.63) is 136 Å². The molecular weight excluding hydrogens is 506 g/mol. The normalized spacial score (nSPS) is 10.6. The maximum absolute atomic E-state index is 12.9. The van der Waals surface area contributed by atoms with Gasteiger partial charge in [0.25, 0.3) is 0 Å². The van der Waals surface area contributed by atoms with Crippen molar-refractivity contribution in [1.82, 2.24) is 0 Å². The molecule has 0 saturated heterocycles. The van der Waals surface area contributed by atoms with E-state index in [0.717, 1.165) is 27.8 Å². The monoisotopic (exact) mass is 531 g/mol. The van der Waals surface area contributed by atoms with Crippen molar-refractivity contribution in [1.29, 1.82) is 0 Å². The Hall–Kier alpha value is -4.79. The zero-order valence-corrected chi connectivity index (χ0v) is 22.4. The molecule has 0 amide bonds. The van der Waals surface area contributed by atoms with Gasteiger partial charge in [-0.3, -0.25) is 0 Å². The Kier molecular flexibility index (Phi) is 9.55. The van der Waals surface area contributed by atoms with Crippen LogP contribution in [0.4, 0.5) is 11.4 Å². The van der Waals surface area contributed by atoms with Crippen LogP contribution in [0.15, 0.2) is 124 Å². The van der Waals surface area contributed by atoms with Gasteiger partial charge >= 0.3 is 5.97 Å². The lowest BCUT2D eigenvalue weighted by Gasteiger charge is -2.06. The van der Waals surface area contributed by atoms with Crippen molar-refractivity contribution in [3.63, 3.8) is 0 Å².